The third-order valence-electron chi connectivity index (χ3n) is 5.67. The van der Waals surface area contributed by atoms with Crippen LogP contribution in [0.15, 0.2) is 22.7 Å². The normalized spacial score (nSPS) is 26.1. The second kappa shape index (κ2) is 9.01. The van der Waals surface area contributed by atoms with Crippen LogP contribution in [0.25, 0.3) is 0 Å². The van der Waals surface area contributed by atoms with Crippen molar-refractivity contribution >= 4 is 11.9 Å². The first-order chi connectivity index (χ1) is 13.4. The first kappa shape index (κ1) is 22.3. The van der Waals surface area contributed by atoms with Gasteiger partial charge in [-0.2, -0.15) is 0 Å². The lowest BCUT2D eigenvalue weighted by Crippen LogP contribution is -2.52. The molecule has 2 atom stereocenters. The fourth-order valence-electron chi connectivity index (χ4n) is 4.77. The number of carbonyl (C=O) groups is 2. The Morgan fingerprint density at radius 3 is 1.32 bits per heavy atom. The summed E-state index contributed by atoms with van der Waals surface area (Å²) in [5, 5.41) is 0. The van der Waals surface area contributed by atoms with Crippen molar-refractivity contribution in [3.05, 3.63) is 22.7 Å². The zero-order chi connectivity index (χ0) is 20.9. The summed E-state index contributed by atoms with van der Waals surface area (Å²) in [5.74, 6) is -0.460. The molecule has 6 heteroatoms. The standard InChI is InChI=1S/C22H34O6/c1-7-11-15-17(19(23)25-5)27-22(14-10-4)16(12-8-2)18(20(24)26-6)28-21(15,22)13-9-3/h7-14H2,1-6H3/t21-,22-/m0/s1. The Morgan fingerprint density at radius 1 is 0.714 bits per heavy atom. The van der Waals surface area contributed by atoms with Crippen LogP contribution in [-0.4, -0.2) is 37.4 Å². The third kappa shape index (κ3) is 3.20. The molecule has 0 radical (unpaired) electrons. The Morgan fingerprint density at radius 2 is 1.07 bits per heavy atom. The molecule has 0 bridgehead atoms. The van der Waals surface area contributed by atoms with Gasteiger partial charge < -0.3 is 18.9 Å². The quantitative estimate of drug-likeness (QED) is 0.505. The molecule has 0 aromatic rings. The van der Waals surface area contributed by atoms with Crippen molar-refractivity contribution in [3.8, 4) is 0 Å². The molecule has 0 aromatic carbocycles. The van der Waals surface area contributed by atoms with Crippen molar-refractivity contribution in [1.29, 1.82) is 0 Å². The van der Waals surface area contributed by atoms with Crippen molar-refractivity contribution < 1.29 is 28.5 Å². The van der Waals surface area contributed by atoms with Crippen LogP contribution in [0.5, 0.6) is 0 Å². The van der Waals surface area contributed by atoms with E-state index in [2.05, 4.69) is 27.7 Å². The summed E-state index contributed by atoms with van der Waals surface area (Å²) in [4.78, 5) is 25.2. The van der Waals surface area contributed by atoms with Gasteiger partial charge in [0.05, 0.1) is 14.2 Å². The summed E-state index contributed by atoms with van der Waals surface area (Å²) in [6, 6.07) is 0. The minimum absolute atomic E-state index is 0.253. The van der Waals surface area contributed by atoms with Gasteiger partial charge in [0.2, 0.25) is 11.5 Å². The molecule has 6 nitrogen and oxygen atoms in total. The molecule has 0 fully saturated rings. The molecule has 2 rings (SSSR count). The smallest absolute Gasteiger partial charge is 0.373 e. The van der Waals surface area contributed by atoms with Crippen molar-refractivity contribution in [2.75, 3.05) is 14.2 Å². The first-order valence-electron chi connectivity index (χ1n) is 10.4. The van der Waals surface area contributed by atoms with Gasteiger partial charge in [-0.05, 0) is 25.7 Å². The van der Waals surface area contributed by atoms with Crippen LogP contribution in [0, 0.1) is 0 Å². The van der Waals surface area contributed by atoms with E-state index < -0.39 is 23.1 Å². The Bertz CT molecular complexity index is 619. The first-order valence-corrected chi connectivity index (χ1v) is 10.4. The van der Waals surface area contributed by atoms with E-state index in [9.17, 15) is 9.59 Å². The molecule has 2 heterocycles. The average Bonchev–Trinajstić information content (AvgIpc) is 3.09. The number of rotatable bonds is 10. The lowest BCUT2D eigenvalue weighted by atomic mass is 9.69. The summed E-state index contributed by atoms with van der Waals surface area (Å²) >= 11 is 0. The minimum atomic E-state index is -0.870. The number of methoxy groups -OCH3 is 2. The van der Waals surface area contributed by atoms with Crippen LogP contribution < -0.4 is 0 Å². The van der Waals surface area contributed by atoms with Gasteiger partial charge >= 0.3 is 11.9 Å². The molecule has 2 aliphatic rings. The summed E-state index contributed by atoms with van der Waals surface area (Å²) in [6.07, 6.45) is 5.88. The van der Waals surface area contributed by atoms with Crippen LogP contribution in [0.3, 0.4) is 0 Å². The topological polar surface area (TPSA) is 71.1 Å². The molecule has 0 saturated carbocycles. The monoisotopic (exact) mass is 394 g/mol. The molecule has 2 aliphatic heterocycles. The van der Waals surface area contributed by atoms with Crippen LogP contribution in [0.2, 0.25) is 0 Å². The van der Waals surface area contributed by atoms with E-state index in [0.29, 0.717) is 25.7 Å². The van der Waals surface area contributed by atoms with Crippen LogP contribution in [-0.2, 0) is 28.5 Å². The molecule has 0 aromatic heterocycles. The highest BCUT2D eigenvalue weighted by Crippen LogP contribution is 2.61. The summed E-state index contributed by atoms with van der Waals surface area (Å²) in [5.41, 5.74) is -0.120. The Kier molecular flexibility index (Phi) is 7.18. The van der Waals surface area contributed by atoms with E-state index in [0.717, 1.165) is 36.8 Å². The molecule has 0 amide bonds. The highest BCUT2D eigenvalue weighted by molar-refractivity contribution is 5.92. The average molecular weight is 395 g/mol. The van der Waals surface area contributed by atoms with Gasteiger partial charge in [0.25, 0.3) is 0 Å². The number of esters is 2. The van der Waals surface area contributed by atoms with E-state index >= 15 is 0 Å². The SMILES string of the molecule is CCCC1=C(C(=O)OC)O[C@@]2(CCC)C(CCC)=C(C(=O)OC)O[C@@]12CCC. The maximum Gasteiger partial charge on any atom is 0.373 e. The van der Waals surface area contributed by atoms with E-state index in [4.69, 9.17) is 18.9 Å². The third-order valence-corrected chi connectivity index (χ3v) is 5.67. The van der Waals surface area contributed by atoms with Gasteiger partial charge in [-0.25, -0.2) is 9.59 Å². The molecular weight excluding hydrogens is 360 g/mol. The fourth-order valence-corrected chi connectivity index (χ4v) is 4.77. The van der Waals surface area contributed by atoms with Crippen molar-refractivity contribution in [1.82, 2.24) is 0 Å². The number of carbonyl (C=O) groups excluding carboxylic acids is 2. The van der Waals surface area contributed by atoms with Crippen LogP contribution in [0.4, 0.5) is 0 Å². The molecule has 0 unspecified atom stereocenters. The number of ether oxygens (including phenoxy) is 4. The van der Waals surface area contributed by atoms with E-state index in [1.54, 1.807) is 0 Å². The van der Waals surface area contributed by atoms with Gasteiger partial charge in [-0.3, -0.25) is 0 Å². The predicted molar refractivity (Wildman–Crippen MR) is 105 cm³/mol. The van der Waals surface area contributed by atoms with Crippen molar-refractivity contribution in [2.24, 2.45) is 0 Å². The zero-order valence-corrected chi connectivity index (χ0v) is 18.1. The molecule has 0 saturated heterocycles. The minimum Gasteiger partial charge on any atom is -0.471 e. The summed E-state index contributed by atoms with van der Waals surface area (Å²) in [7, 11) is 2.72. The summed E-state index contributed by atoms with van der Waals surface area (Å²) in [6.45, 7) is 8.25. The maximum absolute atomic E-state index is 12.6. The van der Waals surface area contributed by atoms with Crippen molar-refractivity contribution in [2.45, 2.75) is 90.3 Å². The van der Waals surface area contributed by atoms with Crippen LogP contribution >= 0.6 is 0 Å². The maximum atomic E-state index is 12.6. The molecule has 28 heavy (non-hydrogen) atoms. The number of fused-ring (bicyclic) bond motifs is 1. The van der Waals surface area contributed by atoms with Gasteiger partial charge in [0.15, 0.2) is 11.2 Å². The van der Waals surface area contributed by atoms with E-state index in [1.165, 1.54) is 14.2 Å². The Balaban J connectivity index is 2.78. The fraction of sp³-hybridized carbons (Fsp3) is 0.727. The molecule has 0 spiro atoms. The Labute approximate surface area is 168 Å². The molecule has 0 aliphatic carbocycles. The second-order valence-corrected chi connectivity index (χ2v) is 7.46. The lowest BCUT2D eigenvalue weighted by molar-refractivity contribution is -0.148. The Hall–Kier alpha value is -1.98. The molecule has 158 valence electrons. The van der Waals surface area contributed by atoms with Gasteiger partial charge in [-0.15, -0.1) is 0 Å². The molecular formula is C22H34O6. The zero-order valence-electron chi connectivity index (χ0n) is 18.1. The highest BCUT2D eigenvalue weighted by Gasteiger charge is 2.69. The lowest BCUT2D eigenvalue weighted by Gasteiger charge is -2.41. The van der Waals surface area contributed by atoms with Crippen molar-refractivity contribution in [3.63, 3.8) is 0 Å². The summed E-state index contributed by atoms with van der Waals surface area (Å²) < 4.78 is 23.0. The molecule has 0 N–H and O–H groups in total. The number of hydrogen-bond acceptors (Lipinski definition) is 6. The van der Waals surface area contributed by atoms with E-state index in [-0.39, 0.29) is 11.5 Å². The van der Waals surface area contributed by atoms with Gasteiger partial charge in [0, 0.05) is 11.1 Å². The number of hydrogen-bond donors (Lipinski definition) is 0. The van der Waals surface area contributed by atoms with E-state index in [1.807, 2.05) is 0 Å². The second-order valence-electron chi connectivity index (χ2n) is 7.46. The predicted octanol–water partition coefficient (Wildman–Crippen LogP) is 4.58. The van der Waals surface area contributed by atoms with Gasteiger partial charge in [0.1, 0.15) is 0 Å². The largest absolute Gasteiger partial charge is 0.471 e. The van der Waals surface area contributed by atoms with Crippen LogP contribution in [0.1, 0.15) is 79.1 Å². The highest BCUT2D eigenvalue weighted by atomic mass is 16.6. The van der Waals surface area contributed by atoms with Gasteiger partial charge in [-0.1, -0.05) is 53.4 Å².